The van der Waals surface area contributed by atoms with Crippen molar-refractivity contribution in [1.29, 1.82) is 0 Å². The lowest BCUT2D eigenvalue weighted by molar-refractivity contribution is -0.197. The van der Waals surface area contributed by atoms with Gasteiger partial charge < -0.3 is 20.2 Å². The van der Waals surface area contributed by atoms with Gasteiger partial charge in [-0.25, -0.2) is 4.79 Å². The van der Waals surface area contributed by atoms with E-state index in [0.29, 0.717) is 50.6 Å². The van der Waals surface area contributed by atoms with Gasteiger partial charge >= 0.3 is 5.97 Å². The van der Waals surface area contributed by atoms with E-state index in [9.17, 15) is 24.0 Å². The molecule has 10 nitrogen and oxygen atoms in total. The molecular weight excluding hydrogens is 394 g/mol. The van der Waals surface area contributed by atoms with E-state index in [-0.39, 0.29) is 37.0 Å². The van der Waals surface area contributed by atoms with Gasteiger partial charge in [-0.05, 0) is 12.8 Å². The van der Waals surface area contributed by atoms with Gasteiger partial charge in [0, 0.05) is 44.7 Å². The Morgan fingerprint density at radius 3 is 2.07 bits per heavy atom. The van der Waals surface area contributed by atoms with Crippen molar-refractivity contribution >= 4 is 29.6 Å². The minimum atomic E-state index is -0.597. The Kier molecular flexibility index (Phi) is 12.3. The summed E-state index contributed by atoms with van der Waals surface area (Å²) in [6.07, 6.45) is 3.48. The van der Waals surface area contributed by atoms with Crippen molar-refractivity contribution in [2.24, 2.45) is 5.92 Å². The first-order chi connectivity index (χ1) is 14.3. The molecule has 0 radical (unpaired) electrons. The SMILES string of the molecule is CC(C)C(=O)NCCOCCNC(=O)CCCCCCC(=O)ON1C(=O)CCC1=O. The molecule has 0 unspecified atom stereocenters. The van der Waals surface area contributed by atoms with Gasteiger partial charge in [-0.3, -0.25) is 19.2 Å². The van der Waals surface area contributed by atoms with Crippen LogP contribution >= 0.6 is 0 Å². The number of imide groups is 1. The van der Waals surface area contributed by atoms with Gasteiger partial charge in [0.2, 0.25) is 11.8 Å². The molecule has 1 aliphatic rings. The van der Waals surface area contributed by atoms with Crippen LogP contribution in [0.15, 0.2) is 0 Å². The van der Waals surface area contributed by atoms with Gasteiger partial charge in [-0.1, -0.05) is 26.7 Å². The number of ether oxygens (including phenoxy) is 1. The Balaban J connectivity index is 1.91. The molecule has 10 heteroatoms. The first-order valence-electron chi connectivity index (χ1n) is 10.5. The van der Waals surface area contributed by atoms with E-state index in [4.69, 9.17) is 9.57 Å². The molecule has 0 aliphatic carbocycles. The maximum absolute atomic E-state index is 11.7. The number of hydrogen-bond acceptors (Lipinski definition) is 7. The average Bonchev–Trinajstić information content (AvgIpc) is 3.01. The van der Waals surface area contributed by atoms with Crippen LogP contribution in [-0.2, 0) is 33.5 Å². The Bertz CT molecular complexity index is 591. The van der Waals surface area contributed by atoms with E-state index in [1.54, 1.807) is 0 Å². The molecule has 0 bridgehead atoms. The summed E-state index contributed by atoms with van der Waals surface area (Å²) < 4.78 is 5.34. The predicted molar refractivity (Wildman–Crippen MR) is 107 cm³/mol. The Labute approximate surface area is 177 Å². The highest BCUT2D eigenvalue weighted by molar-refractivity contribution is 6.01. The third-order valence-electron chi connectivity index (χ3n) is 4.37. The fourth-order valence-corrected chi connectivity index (χ4v) is 2.62. The number of hydroxylamine groups is 2. The first kappa shape index (κ1) is 25.5. The van der Waals surface area contributed by atoms with Crippen LogP contribution in [0.1, 0.15) is 65.2 Å². The molecule has 0 aromatic heterocycles. The fraction of sp³-hybridized carbons (Fsp3) is 0.750. The van der Waals surface area contributed by atoms with Gasteiger partial charge in [0.25, 0.3) is 11.8 Å². The molecule has 1 fully saturated rings. The lowest BCUT2D eigenvalue weighted by atomic mass is 10.1. The molecule has 1 heterocycles. The molecule has 0 saturated carbocycles. The zero-order chi connectivity index (χ0) is 22.4. The predicted octanol–water partition coefficient (Wildman–Crippen LogP) is 0.839. The molecule has 4 amide bonds. The topological polar surface area (TPSA) is 131 Å². The van der Waals surface area contributed by atoms with E-state index in [0.717, 1.165) is 12.8 Å². The molecular formula is C20H33N3O7. The highest BCUT2D eigenvalue weighted by Crippen LogP contribution is 2.13. The van der Waals surface area contributed by atoms with E-state index >= 15 is 0 Å². The maximum Gasteiger partial charge on any atom is 0.333 e. The molecule has 1 rings (SSSR count). The Morgan fingerprint density at radius 2 is 1.47 bits per heavy atom. The average molecular weight is 427 g/mol. The number of nitrogens with one attached hydrogen (secondary N) is 2. The second-order valence-electron chi connectivity index (χ2n) is 7.37. The Hall–Kier alpha value is -2.49. The van der Waals surface area contributed by atoms with Crippen LogP contribution in [0.4, 0.5) is 0 Å². The van der Waals surface area contributed by atoms with E-state index in [2.05, 4.69) is 10.6 Å². The van der Waals surface area contributed by atoms with Crippen LogP contribution in [0.25, 0.3) is 0 Å². The molecule has 170 valence electrons. The summed E-state index contributed by atoms with van der Waals surface area (Å²) in [5.74, 6) is -1.69. The van der Waals surface area contributed by atoms with Crippen LogP contribution in [0.2, 0.25) is 0 Å². The quantitative estimate of drug-likeness (QED) is 0.292. The van der Waals surface area contributed by atoms with Gasteiger partial charge in [-0.15, -0.1) is 5.06 Å². The second kappa shape index (κ2) is 14.5. The molecule has 0 atom stereocenters. The van der Waals surface area contributed by atoms with Crippen molar-refractivity contribution in [2.75, 3.05) is 26.3 Å². The minimum absolute atomic E-state index is 0.0133. The number of rotatable bonds is 15. The molecule has 0 aromatic carbocycles. The van der Waals surface area contributed by atoms with E-state index in [1.807, 2.05) is 13.8 Å². The summed E-state index contributed by atoms with van der Waals surface area (Å²) in [5, 5.41) is 6.06. The normalized spacial score (nSPS) is 13.6. The molecule has 1 aliphatic heterocycles. The van der Waals surface area contributed by atoms with Crippen LogP contribution in [0.3, 0.4) is 0 Å². The molecule has 0 aromatic rings. The standard InChI is InChI=1S/C20H33N3O7/c1-15(2)20(28)22-12-14-29-13-11-21-16(24)7-5-3-4-6-8-19(27)30-23-17(25)9-10-18(23)26/h15H,3-14H2,1-2H3,(H,21,24)(H,22,28). The minimum Gasteiger partial charge on any atom is -0.378 e. The smallest absolute Gasteiger partial charge is 0.333 e. The zero-order valence-corrected chi connectivity index (χ0v) is 17.9. The van der Waals surface area contributed by atoms with Crippen molar-refractivity contribution in [1.82, 2.24) is 15.7 Å². The monoisotopic (exact) mass is 427 g/mol. The highest BCUT2D eigenvalue weighted by atomic mass is 16.7. The molecule has 30 heavy (non-hydrogen) atoms. The van der Waals surface area contributed by atoms with Crippen molar-refractivity contribution in [3.05, 3.63) is 0 Å². The molecule has 2 N–H and O–H groups in total. The third kappa shape index (κ3) is 10.9. The number of amides is 4. The summed E-state index contributed by atoms with van der Waals surface area (Å²) in [7, 11) is 0. The third-order valence-corrected chi connectivity index (χ3v) is 4.37. The van der Waals surface area contributed by atoms with Gasteiger partial charge in [0.05, 0.1) is 13.2 Å². The van der Waals surface area contributed by atoms with E-state index < -0.39 is 17.8 Å². The number of carbonyl (C=O) groups is 5. The summed E-state index contributed by atoms with van der Waals surface area (Å²) in [5.41, 5.74) is 0. The van der Waals surface area contributed by atoms with Crippen molar-refractivity contribution in [3.63, 3.8) is 0 Å². The van der Waals surface area contributed by atoms with Crippen molar-refractivity contribution in [2.45, 2.75) is 65.2 Å². The Morgan fingerprint density at radius 1 is 0.900 bits per heavy atom. The number of carbonyl (C=O) groups excluding carboxylic acids is 5. The number of nitrogens with zero attached hydrogens (tertiary/aromatic N) is 1. The van der Waals surface area contributed by atoms with Crippen LogP contribution in [0.5, 0.6) is 0 Å². The van der Waals surface area contributed by atoms with Gasteiger partial charge in [0.1, 0.15) is 0 Å². The molecule has 0 spiro atoms. The summed E-state index contributed by atoms with van der Waals surface area (Å²) in [6.45, 7) is 5.29. The molecule has 1 saturated heterocycles. The largest absolute Gasteiger partial charge is 0.378 e. The summed E-state index contributed by atoms with van der Waals surface area (Å²) >= 11 is 0. The highest BCUT2D eigenvalue weighted by Gasteiger charge is 2.32. The zero-order valence-electron chi connectivity index (χ0n) is 17.9. The summed E-state index contributed by atoms with van der Waals surface area (Å²) in [6, 6.07) is 0. The maximum atomic E-state index is 11.7. The van der Waals surface area contributed by atoms with E-state index in [1.165, 1.54) is 0 Å². The van der Waals surface area contributed by atoms with Crippen molar-refractivity contribution < 1.29 is 33.5 Å². The lowest BCUT2D eigenvalue weighted by Crippen LogP contribution is -2.32. The van der Waals surface area contributed by atoms with Crippen molar-refractivity contribution in [3.8, 4) is 0 Å². The number of unbranched alkanes of at least 4 members (excludes halogenated alkanes) is 3. The lowest BCUT2D eigenvalue weighted by Gasteiger charge is -2.12. The number of hydrogen-bond donors (Lipinski definition) is 2. The second-order valence-corrected chi connectivity index (χ2v) is 7.37. The first-order valence-corrected chi connectivity index (χ1v) is 10.5. The van der Waals surface area contributed by atoms with Gasteiger partial charge in [-0.2, -0.15) is 0 Å². The van der Waals surface area contributed by atoms with Crippen LogP contribution in [-0.4, -0.2) is 61.0 Å². The summed E-state index contributed by atoms with van der Waals surface area (Å²) in [4.78, 5) is 62.2. The van der Waals surface area contributed by atoms with Crippen LogP contribution < -0.4 is 10.6 Å². The van der Waals surface area contributed by atoms with Gasteiger partial charge in [0.15, 0.2) is 0 Å². The fourth-order valence-electron chi connectivity index (χ4n) is 2.62. The van der Waals surface area contributed by atoms with Crippen LogP contribution in [0, 0.1) is 5.92 Å².